The highest BCUT2D eigenvalue weighted by atomic mass is 19.4. The fourth-order valence-electron chi connectivity index (χ4n) is 3.45. The summed E-state index contributed by atoms with van der Waals surface area (Å²) in [5, 5.41) is 3.16. The van der Waals surface area contributed by atoms with Crippen molar-refractivity contribution in [2.45, 2.75) is 51.5 Å². The van der Waals surface area contributed by atoms with Crippen LogP contribution in [0.15, 0.2) is 30.6 Å². The summed E-state index contributed by atoms with van der Waals surface area (Å²) in [6.45, 7) is 4.10. The molecule has 0 saturated carbocycles. The zero-order valence-electron chi connectivity index (χ0n) is 16.8. The summed E-state index contributed by atoms with van der Waals surface area (Å²) in [7, 11) is 0. The number of halogens is 3. The molecule has 1 aliphatic rings. The number of carbonyl (C=O) groups excluding carboxylic acids is 1. The van der Waals surface area contributed by atoms with Gasteiger partial charge in [-0.3, -0.25) is 0 Å². The van der Waals surface area contributed by atoms with Gasteiger partial charge in [-0.2, -0.15) is 13.2 Å². The SMILES string of the molecule is CCOC(=O)c1ncnc(NCC2CCCC(c3cccc(C(F)(F)F)c3)O2)c1C. The molecule has 1 aromatic heterocycles. The average Bonchev–Trinajstić information content (AvgIpc) is 2.73. The standard InChI is InChI=1S/C21H24F3N3O3/c1-3-29-20(28)18-13(2)19(27-12-26-18)25-11-16-8-5-9-17(30-16)14-6-4-7-15(10-14)21(22,23)24/h4,6-7,10,12,16-17H,3,5,8-9,11H2,1-2H3,(H,25,26,27). The summed E-state index contributed by atoms with van der Waals surface area (Å²) in [4.78, 5) is 20.1. The molecule has 3 rings (SSSR count). The van der Waals surface area contributed by atoms with E-state index in [0.29, 0.717) is 29.9 Å². The van der Waals surface area contributed by atoms with E-state index in [4.69, 9.17) is 9.47 Å². The number of hydrogen-bond acceptors (Lipinski definition) is 6. The van der Waals surface area contributed by atoms with Crippen LogP contribution in [0, 0.1) is 6.92 Å². The van der Waals surface area contributed by atoms with Crippen LogP contribution < -0.4 is 5.32 Å². The molecule has 1 N–H and O–H groups in total. The molecule has 2 unspecified atom stereocenters. The van der Waals surface area contributed by atoms with Gasteiger partial charge in [0.25, 0.3) is 0 Å². The number of nitrogens with one attached hydrogen (secondary N) is 1. The molecule has 0 amide bonds. The molecule has 0 bridgehead atoms. The van der Waals surface area contributed by atoms with Crippen molar-refractivity contribution in [1.29, 1.82) is 0 Å². The second-order valence-corrected chi connectivity index (χ2v) is 7.10. The van der Waals surface area contributed by atoms with Crippen molar-refractivity contribution in [3.63, 3.8) is 0 Å². The van der Waals surface area contributed by atoms with E-state index in [2.05, 4.69) is 15.3 Å². The third-order valence-electron chi connectivity index (χ3n) is 4.98. The van der Waals surface area contributed by atoms with Crippen LogP contribution >= 0.6 is 0 Å². The van der Waals surface area contributed by atoms with Crippen LogP contribution in [0.1, 0.15) is 59.5 Å². The van der Waals surface area contributed by atoms with Crippen molar-refractivity contribution in [3.8, 4) is 0 Å². The summed E-state index contributed by atoms with van der Waals surface area (Å²) < 4.78 is 50.0. The Balaban J connectivity index is 1.65. The minimum atomic E-state index is -4.38. The first-order valence-electron chi connectivity index (χ1n) is 9.84. The first-order chi connectivity index (χ1) is 14.3. The van der Waals surface area contributed by atoms with Crippen molar-refractivity contribution in [3.05, 3.63) is 53.0 Å². The smallest absolute Gasteiger partial charge is 0.416 e. The summed E-state index contributed by atoms with van der Waals surface area (Å²) in [5.74, 6) is -0.0168. The van der Waals surface area contributed by atoms with E-state index in [9.17, 15) is 18.0 Å². The number of aromatic nitrogens is 2. The van der Waals surface area contributed by atoms with Gasteiger partial charge in [0.05, 0.1) is 24.4 Å². The fourth-order valence-corrected chi connectivity index (χ4v) is 3.45. The lowest BCUT2D eigenvalue weighted by molar-refractivity contribution is -0.137. The molecule has 0 radical (unpaired) electrons. The highest BCUT2D eigenvalue weighted by Gasteiger charge is 2.32. The topological polar surface area (TPSA) is 73.3 Å². The van der Waals surface area contributed by atoms with Crippen molar-refractivity contribution in [2.75, 3.05) is 18.5 Å². The zero-order chi connectivity index (χ0) is 21.7. The summed E-state index contributed by atoms with van der Waals surface area (Å²) >= 11 is 0. The normalized spacial score (nSPS) is 19.4. The van der Waals surface area contributed by atoms with Gasteiger partial charge >= 0.3 is 12.1 Å². The van der Waals surface area contributed by atoms with Gasteiger partial charge in [-0.15, -0.1) is 0 Å². The zero-order valence-corrected chi connectivity index (χ0v) is 16.8. The third kappa shape index (κ3) is 5.27. The highest BCUT2D eigenvalue weighted by molar-refractivity contribution is 5.90. The monoisotopic (exact) mass is 423 g/mol. The lowest BCUT2D eigenvalue weighted by atomic mass is 9.97. The predicted octanol–water partition coefficient (Wildman–Crippen LogP) is 4.70. The lowest BCUT2D eigenvalue weighted by Crippen LogP contribution is -2.29. The Morgan fingerprint density at radius 2 is 2.10 bits per heavy atom. The molecule has 0 aliphatic carbocycles. The molecule has 6 nitrogen and oxygen atoms in total. The second-order valence-electron chi connectivity index (χ2n) is 7.10. The molecule has 1 aliphatic heterocycles. The second kappa shape index (κ2) is 9.42. The van der Waals surface area contributed by atoms with Crippen LogP contribution in [0.3, 0.4) is 0 Å². The number of benzene rings is 1. The number of carbonyl (C=O) groups is 1. The van der Waals surface area contributed by atoms with Gasteiger partial charge in [0.15, 0.2) is 5.69 Å². The van der Waals surface area contributed by atoms with Crippen LogP contribution in [0.2, 0.25) is 0 Å². The maximum absolute atomic E-state index is 13.0. The summed E-state index contributed by atoms with van der Waals surface area (Å²) in [5.41, 5.74) is 0.617. The van der Waals surface area contributed by atoms with Gasteiger partial charge in [-0.05, 0) is 50.8 Å². The molecular weight excluding hydrogens is 399 g/mol. The summed E-state index contributed by atoms with van der Waals surface area (Å²) in [6, 6.07) is 5.28. The molecule has 2 heterocycles. The number of rotatable bonds is 6. The molecule has 30 heavy (non-hydrogen) atoms. The van der Waals surface area contributed by atoms with Gasteiger partial charge in [0.1, 0.15) is 12.1 Å². The maximum atomic E-state index is 13.0. The van der Waals surface area contributed by atoms with Gasteiger partial charge in [-0.1, -0.05) is 12.1 Å². The van der Waals surface area contributed by atoms with Crippen molar-refractivity contribution < 1.29 is 27.4 Å². The average molecular weight is 423 g/mol. The number of anilines is 1. The molecule has 9 heteroatoms. The molecule has 2 aromatic rings. The largest absolute Gasteiger partial charge is 0.461 e. The van der Waals surface area contributed by atoms with E-state index in [1.807, 2.05) is 0 Å². The number of alkyl halides is 3. The predicted molar refractivity (Wildman–Crippen MR) is 104 cm³/mol. The first kappa shape index (κ1) is 22.0. The lowest BCUT2D eigenvalue weighted by Gasteiger charge is -2.31. The number of esters is 1. The molecule has 162 valence electrons. The van der Waals surface area contributed by atoms with Gasteiger partial charge in [0, 0.05) is 12.1 Å². The van der Waals surface area contributed by atoms with Crippen LogP contribution in [-0.4, -0.2) is 35.2 Å². The quantitative estimate of drug-likeness (QED) is 0.679. The van der Waals surface area contributed by atoms with Crippen LogP contribution in [0.25, 0.3) is 0 Å². The third-order valence-corrected chi connectivity index (χ3v) is 4.98. The Morgan fingerprint density at radius 3 is 2.83 bits per heavy atom. The maximum Gasteiger partial charge on any atom is 0.416 e. The Bertz CT molecular complexity index is 889. The molecule has 1 aromatic carbocycles. The Morgan fingerprint density at radius 1 is 1.30 bits per heavy atom. The molecule has 0 spiro atoms. The number of nitrogens with zero attached hydrogens (tertiary/aromatic N) is 2. The molecule has 1 saturated heterocycles. The van der Waals surface area contributed by atoms with E-state index in [0.717, 1.165) is 25.0 Å². The minimum absolute atomic E-state index is 0.195. The number of ether oxygens (including phenoxy) is 2. The van der Waals surface area contributed by atoms with Gasteiger partial charge in [-0.25, -0.2) is 14.8 Å². The first-order valence-corrected chi connectivity index (χ1v) is 9.84. The summed E-state index contributed by atoms with van der Waals surface area (Å²) in [6.07, 6.45) is -1.41. The van der Waals surface area contributed by atoms with E-state index < -0.39 is 23.8 Å². The van der Waals surface area contributed by atoms with E-state index in [1.165, 1.54) is 12.4 Å². The van der Waals surface area contributed by atoms with Crippen LogP contribution in [0.4, 0.5) is 19.0 Å². The van der Waals surface area contributed by atoms with E-state index >= 15 is 0 Å². The molecular formula is C21H24F3N3O3. The van der Waals surface area contributed by atoms with Crippen molar-refractivity contribution in [2.24, 2.45) is 0 Å². The highest BCUT2D eigenvalue weighted by Crippen LogP contribution is 2.35. The van der Waals surface area contributed by atoms with Crippen molar-refractivity contribution >= 4 is 11.8 Å². The van der Waals surface area contributed by atoms with Gasteiger partial charge < -0.3 is 14.8 Å². The van der Waals surface area contributed by atoms with E-state index in [1.54, 1.807) is 19.9 Å². The van der Waals surface area contributed by atoms with E-state index in [-0.39, 0.29) is 18.4 Å². The van der Waals surface area contributed by atoms with Crippen molar-refractivity contribution in [1.82, 2.24) is 9.97 Å². The molecule has 1 fully saturated rings. The molecule has 2 atom stereocenters. The van der Waals surface area contributed by atoms with Crippen LogP contribution in [-0.2, 0) is 15.7 Å². The number of hydrogen-bond donors (Lipinski definition) is 1. The van der Waals surface area contributed by atoms with Crippen LogP contribution in [0.5, 0.6) is 0 Å². The minimum Gasteiger partial charge on any atom is -0.461 e. The Kier molecular flexibility index (Phi) is 6.91. The van der Waals surface area contributed by atoms with Gasteiger partial charge in [0.2, 0.25) is 0 Å². The Hall–Kier alpha value is -2.68. The fraction of sp³-hybridized carbons (Fsp3) is 0.476. The Labute approximate surface area is 172 Å².